The molecule has 1 aliphatic heterocycles. The summed E-state index contributed by atoms with van der Waals surface area (Å²) in [5.41, 5.74) is 2.23. The molecule has 2 aromatic rings. The number of hydrogen-bond acceptors (Lipinski definition) is 5. The van der Waals surface area contributed by atoms with Gasteiger partial charge in [-0.2, -0.15) is 5.26 Å². The van der Waals surface area contributed by atoms with Crippen LogP contribution < -0.4 is 4.90 Å². The monoisotopic (exact) mass is 280 g/mol. The minimum absolute atomic E-state index is 0.0452. The molecule has 21 heavy (non-hydrogen) atoms. The molecule has 0 fully saturated rings. The molecule has 0 aliphatic carbocycles. The van der Waals surface area contributed by atoms with E-state index in [1.54, 1.807) is 0 Å². The Morgan fingerprint density at radius 2 is 2.05 bits per heavy atom. The SMILES string of the molecule is N#Cc1ccnc(N2CCc3ccccc3C2)c1[N+](=O)[O-]. The smallest absolute Gasteiger partial charge is 0.329 e. The Morgan fingerprint density at radius 3 is 2.76 bits per heavy atom. The van der Waals surface area contributed by atoms with Crippen molar-refractivity contribution in [1.29, 1.82) is 5.26 Å². The minimum atomic E-state index is -0.526. The number of fused-ring (bicyclic) bond motifs is 1. The highest BCUT2D eigenvalue weighted by molar-refractivity contribution is 5.66. The van der Waals surface area contributed by atoms with Gasteiger partial charge < -0.3 is 4.90 Å². The van der Waals surface area contributed by atoms with Gasteiger partial charge in [-0.05, 0) is 23.6 Å². The fraction of sp³-hybridized carbons (Fsp3) is 0.200. The zero-order valence-corrected chi connectivity index (χ0v) is 11.2. The average molecular weight is 280 g/mol. The molecule has 6 heteroatoms. The van der Waals surface area contributed by atoms with Crippen LogP contribution >= 0.6 is 0 Å². The first kappa shape index (κ1) is 13.1. The summed E-state index contributed by atoms with van der Waals surface area (Å²) in [5.74, 6) is 0.272. The lowest BCUT2D eigenvalue weighted by molar-refractivity contribution is -0.384. The molecular weight excluding hydrogens is 268 g/mol. The van der Waals surface area contributed by atoms with E-state index >= 15 is 0 Å². The standard InChI is InChI=1S/C15H12N4O2/c16-9-12-5-7-17-15(14(12)19(20)21)18-8-6-11-3-1-2-4-13(11)10-18/h1-5,7H,6,8,10H2. The van der Waals surface area contributed by atoms with E-state index in [4.69, 9.17) is 5.26 Å². The lowest BCUT2D eigenvalue weighted by Crippen LogP contribution is -2.31. The van der Waals surface area contributed by atoms with Gasteiger partial charge in [-0.3, -0.25) is 10.1 Å². The van der Waals surface area contributed by atoms with Crippen molar-refractivity contribution in [2.75, 3.05) is 11.4 Å². The van der Waals surface area contributed by atoms with Crippen molar-refractivity contribution < 1.29 is 4.92 Å². The van der Waals surface area contributed by atoms with Gasteiger partial charge in [0.25, 0.3) is 0 Å². The normalized spacial score (nSPS) is 13.4. The van der Waals surface area contributed by atoms with Crippen LogP contribution in [0.2, 0.25) is 0 Å². The van der Waals surface area contributed by atoms with Gasteiger partial charge in [0, 0.05) is 19.3 Å². The fourth-order valence-electron chi connectivity index (χ4n) is 2.62. The summed E-state index contributed by atoms with van der Waals surface area (Å²) >= 11 is 0. The van der Waals surface area contributed by atoms with Crippen molar-refractivity contribution in [1.82, 2.24) is 4.98 Å². The molecule has 0 atom stereocenters. The second-order valence-corrected chi connectivity index (χ2v) is 4.84. The summed E-state index contributed by atoms with van der Waals surface area (Å²) in [4.78, 5) is 16.8. The Kier molecular flexibility index (Phi) is 3.24. The van der Waals surface area contributed by atoms with E-state index in [-0.39, 0.29) is 17.1 Å². The van der Waals surface area contributed by atoms with Crippen molar-refractivity contribution in [2.45, 2.75) is 13.0 Å². The van der Waals surface area contributed by atoms with Crippen LogP contribution in [0.25, 0.3) is 0 Å². The van der Waals surface area contributed by atoms with Gasteiger partial charge in [0.2, 0.25) is 5.82 Å². The van der Waals surface area contributed by atoms with E-state index in [1.165, 1.54) is 17.8 Å². The predicted molar refractivity (Wildman–Crippen MR) is 76.8 cm³/mol. The largest absolute Gasteiger partial charge is 0.346 e. The van der Waals surface area contributed by atoms with Gasteiger partial charge >= 0.3 is 5.69 Å². The Balaban J connectivity index is 2.03. The molecule has 104 valence electrons. The molecule has 2 heterocycles. The molecule has 6 nitrogen and oxygen atoms in total. The Bertz CT molecular complexity index is 752. The maximum absolute atomic E-state index is 11.3. The molecule has 0 saturated carbocycles. The van der Waals surface area contributed by atoms with Crippen LogP contribution in [0.5, 0.6) is 0 Å². The van der Waals surface area contributed by atoms with Gasteiger partial charge in [0.1, 0.15) is 11.6 Å². The second kappa shape index (κ2) is 5.21. The third-order valence-corrected chi connectivity index (χ3v) is 3.64. The number of anilines is 1. The van der Waals surface area contributed by atoms with E-state index in [1.807, 2.05) is 29.2 Å². The summed E-state index contributed by atoms with van der Waals surface area (Å²) in [7, 11) is 0. The molecular formula is C15H12N4O2. The Hall–Kier alpha value is -2.94. The highest BCUT2D eigenvalue weighted by atomic mass is 16.6. The van der Waals surface area contributed by atoms with E-state index in [0.717, 1.165) is 12.0 Å². The van der Waals surface area contributed by atoms with E-state index in [0.29, 0.717) is 13.1 Å². The number of pyridine rings is 1. The molecule has 0 spiro atoms. The summed E-state index contributed by atoms with van der Waals surface area (Å²) in [6, 6.07) is 11.3. The Labute approximate surface area is 121 Å². The highest BCUT2D eigenvalue weighted by Crippen LogP contribution is 2.32. The van der Waals surface area contributed by atoms with Crippen molar-refractivity contribution in [3.8, 4) is 6.07 Å². The number of hydrogen-bond donors (Lipinski definition) is 0. The maximum atomic E-state index is 11.3. The maximum Gasteiger partial charge on any atom is 0.329 e. The molecule has 1 aromatic heterocycles. The first-order valence-corrected chi connectivity index (χ1v) is 6.56. The number of nitrogens with zero attached hydrogens (tertiary/aromatic N) is 4. The summed E-state index contributed by atoms with van der Waals surface area (Å²) < 4.78 is 0. The van der Waals surface area contributed by atoms with Crippen LogP contribution in [0.4, 0.5) is 11.5 Å². The summed E-state index contributed by atoms with van der Waals surface area (Å²) in [6.07, 6.45) is 2.26. The Morgan fingerprint density at radius 1 is 1.29 bits per heavy atom. The molecule has 0 bridgehead atoms. The summed E-state index contributed by atoms with van der Waals surface area (Å²) in [5, 5.41) is 20.3. The molecule has 0 saturated heterocycles. The molecule has 0 N–H and O–H groups in total. The van der Waals surface area contributed by atoms with Crippen molar-refractivity contribution in [2.24, 2.45) is 0 Å². The minimum Gasteiger partial charge on any atom is -0.346 e. The molecule has 0 radical (unpaired) electrons. The van der Waals surface area contributed by atoms with Crippen LogP contribution in [0, 0.1) is 21.4 Å². The third-order valence-electron chi connectivity index (χ3n) is 3.64. The zero-order valence-electron chi connectivity index (χ0n) is 11.2. The second-order valence-electron chi connectivity index (χ2n) is 4.84. The van der Waals surface area contributed by atoms with Gasteiger partial charge in [-0.1, -0.05) is 24.3 Å². The van der Waals surface area contributed by atoms with Gasteiger partial charge in [0.15, 0.2) is 0 Å². The average Bonchev–Trinajstić information content (AvgIpc) is 2.53. The number of benzene rings is 1. The molecule has 1 aliphatic rings. The van der Waals surface area contributed by atoms with E-state index < -0.39 is 4.92 Å². The van der Waals surface area contributed by atoms with E-state index in [9.17, 15) is 10.1 Å². The molecule has 0 unspecified atom stereocenters. The fourth-order valence-corrected chi connectivity index (χ4v) is 2.62. The van der Waals surface area contributed by atoms with Crippen LogP contribution in [0.3, 0.4) is 0 Å². The van der Waals surface area contributed by atoms with Crippen molar-refractivity contribution in [3.05, 3.63) is 63.3 Å². The lowest BCUT2D eigenvalue weighted by Gasteiger charge is -2.29. The number of nitro groups is 1. The van der Waals surface area contributed by atoms with Crippen LogP contribution in [0.15, 0.2) is 36.5 Å². The van der Waals surface area contributed by atoms with Gasteiger partial charge in [-0.15, -0.1) is 0 Å². The molecule has 3 rings (SSSR count). The van der Waals surface area contributed by atoms with E-state index in [2.05, 4.69) is 11.1 Å². The predicted octanol–water partition coefficient (Wildman–Crippen LogP) is 2.42. The van der Waals surface area contributed by atoms with Crippen LogP contribution in [-0.4, -0.2) is 16.5 Å². The number of aromatic nitrogens is 1. The number of nitriles is 1. The molecule has 1 aromatic carbocycles. The van der Waals surface area contributed by atoms with Crippen molar-refractivity contribution >= 4 is 11.5 Å². The number of rotatable bonds is 2. The summed E-state index contributed by atoms with van der Waals surface area (Å²) in [6.45, 7) is 1.22. The highest BCUT2D eigenvalue weighted by Gasteiger charge is 2.27. The first-order valence-electron chi connectivity index (χ1n) is 6.56. The quantitative estimate of drug-likeness (QED) is 0.623. The molecule has 0 amide bonds. The first-order chi connectivity index (χ1) is 10.2. The van der Waals surface area contributed by atoms with Gasteiger partial charge in [-0.25, -0.2) is 4.98 Å². The lowest BCUT2D eigenvalue weighted by atomic mass is 10.00. The van der Waals surface area contributed by atoms with Crippen LogP contribution in [0.1, 0.15) is 16.7 Å². The topological polar surface area (TPSA) is 83.1 Å². The van der Waals surface area contributed by atoms with Crippen molar-refractivity contribution in [3.63, 3.8) is 0 Å². The van der Waals surface area contributed by atoms with Gasteiger partial charge in [0.05, 0.1) is 4.92 Å². The third kappa shape index (κ3) is 2.30. The van der Waals surface area contributed by atoms with Crippen LogP contribution in [-0.2, 0) is 13.0 Å². The zero-order chi connectivity index (χ0) is 14.8.